The topological polar surface area (TPSA) is 115 Å². The Morgan fingerprint density at radius 1 is 1.10 bits per heavy atom. The number of allylic oxidation sites excluding steroid dienone is 1. The molecule has 6 nitrogen and oxygen atoms in total. The third-order valence-electron chi connectivity index (χ3n) is 4.76. The van der Waals surface area contributed by atoms with Gasteiger partial charge in [0.25, 0.3) is 5.56 Å². The van der Waals surface area contributed by atoms with Crippen molar-refractivity contribution in [2.75, 3.05) is 0 Å². The van der Waals surface area contributed by atoms with E-state index in [9.17, 15) is 14.9 Å². The number of nitrogens with two attached hydrogens (primary N) is 2. The van der Waals surface area contributed by atoms with Crippen LogP contribution < -0.4 is 26.2 Å². The van der Waals surface area contributed by atoms with Gasteiger partial charge < -0.3 is 11.5 Å². The first kappa shape index (κ1) is 18.5. The predicted molar refractivity (Wildman–Crippen MR) is 113 cm³/mol. The minimum Gasteiger partial charge on any atom is -0.384 e. The Morgan fingerprint density at radius 3 is 2.31 bits per heavy atom. The van der Waals surface area contributed by atoms with Crippen LogP contribution in [-0.4, -0.2) is 10.5 Å². The van der Waals surface area contributed by atoms with Gasteiger partial charge in [0.1, 0.15) is 10.5 Å². The molecule has 1 aliphatic rings. The Hall–Kier alpha value is -3.89. The molecule has 1 amide bonds. The molecule has 0 bridgehead atoms. The molecule has 3 aromatic rings. The van der Waals surface area contributed by atoms with Gasteiger partial charge >= 0.3 is 0 Å². The highest BCUT2D eigenvalue weighted by Gasteiger charge is 2.34. The van der Waals surface area contributed by atoms with Crippen molar-refractivity contribution < 1.29 is 4.79 Å². The summed E-state index contributed by atoms with van der Waals surface area (Å²) in [6.45, 7) is 0. The third-order valence-corrected chi connectivity index (χ3v) is 5.87. The summed E-state index contributed by atoms with van der Waals surface area (Å²) in [5.74, 6) is -1.39. The first-order valence-electron chi connectivity index (χ1n) is 8.80. The number of aromatic nitrogens is 1. The van der Waals surface area contributed by atoms with Gasteiger partial charge in [-0.2, -0.15) is 5.26 Å². The highest BCUT2D eigenvalue weighted by atomic mass is 32.1. The maximum atomic E-state index is 13.1. The van der Waals surface area contributed by atoms with Crippen LogP contribution in [0.25, 0.3) is 17.5 Å². The minimum atomic E-state index is -0.721. The van der Waals surface area contributed by atoms with E-state index < -0.39 is 11.8 Å². The molecule has 1 atom stereocenters. The average Bonchev–Trinajstić information content (AvgIpc) is 3.05. The van der Waals surface area contributed by atoms with Gasteiger partial charge in [-0.25, -0.2) is 0 Å². The second kappa shape index (κ2) is 7.26. The largest absolute Gasteiger partial charge is 0.384 e. The highest BCUT2D eigenvalue weighted by molar-refractivity contribution is 7.07. The maximum Gasteiger partial charge on any atom is 0.274 e. The van der Waals surface area contributed by atoms with Crippen LogP contribution in [0.3, 0.4) is 0 Å². The molecule has 0 radical (unpaired) electrons. The van der Waals surface area contributed by atoms with Crippen molar-refractivity contribution in [1.29, 1.82) is 5.26 Å². The molecular formula is C22H16N4O2S. The summed E-state index contributed by atoms with van der Waals surface area (Å²) in [6.07, 6.45) is 1.73. The summed E-state index contributed by atoms with van der Waals surface area (Å²) >= 11 is 1.14. The maximum absolute atomic E-state index is 13.1. The Morgan fingerprint density at radius 2 is 1.72 bits per heavy atom. The minimum absolute atomic E-state index is 0.0234. The van der Waals surface area contributed by atoms with E-state index in [2.05, 4.69) is 6.07 Å². The zero-order valence-electron chi connectivity index (χ0n) is 15.2. The van der Waals surface area contributed by atoms with E-state index in [-0.39, 0.29) is 22.5 Å². The van der Waals surface area contributed by atoms with Crippen LogP contribution in [-0.2, 0) is 4.79 Å². The first-order chi connectivity index (χ1) is 14.0. The van der Waals surface area contributed by atoms with Crippen LogP contribution in [0.4, 0.5) is 0 Å². The molecule has 0 spiro atoms. The molecule has 2 heterocycles. The SMILES string of the molecule is N#CC1=C(N)n2c(s/c(=C\c3ccccc3)c2=O)=C(C(N)=O)[C@H]1c1ccccc1. The smallest absolute Gasteiger partial charge is 0.274 e. The number of thiazole rings is 1. The number of amides is 1. The number of rotatable bonds is 3. The van der Waals surface area contributed by atoms with Crippen molar-refractivity contribution in [3.05, 3.63) is 96.9 Å². The number of primary amides is 1. The van der Waals surface area contributed by atoms with E-state index in [1.165, 1.54) is 4.57 Å². The normalized spacial score (nSPS) is 16.4. The van der Waals surface area contributed by atoms with Crippen molar-refractivity contribution >= 4 is 34.7 Å². The Balaban J connectivity index is 2.11. The van der Waals surface area contributed by atoms with Crippen molar-refractivity contribution in [3.63, 3.8) is 0 Å². The zero-order chi connectivity index (χ0) is 20.5. The standard InChI is InChI=1S/C22H16N4O2S/c23-12-15-17(14-9-5-2-6-10-14)18(20(25)27)22-26(19(15)24)21(28)16(29-22)11-13-7-3-1-4-8-13/h1-11,17H,24H2,(H2,25,27)/b16-11-/t17-/m0/s1. The summed E-state index contributed by atoms with van der Waals surface area (Å²) < 4.78 is 1.98. The van der Waals surface area contributed by atoms with Gasteiger partial charge in [-0.1, -0.05) is 60.7 Å². The highest BCUT2D eigenvalue weighted by Crippen LogP contribution is 2.35. The van der Waals surface area contributed by atoms with Gasteiger partial charge in [-0.05, 0) is 17.2 Å². The Kier molecular flexibility index (Phi) is 4.63. The number of carbonyl (C=O) groups excluding carboxylic acids is 1. The number of benzene rings is 2. The molecule has 7 heteroatoms. The number of nitrogens with zero attached hydrogens (tertiary/aromatic N) is 2. The predicted octanol–water partition coefficient (Wildman–Crippen LogP) is 0.823. The van der Waals surface area contributed by atoms with Crippen molar-refractivity contribution in [2.45, 2.75) is 5.92 Å². The van der Waals surface area contributed by atoms with Crippen LogP contribution in [0.2, 0.25) is 0 Å². The molecule has 0 saturated carbocycles. The molecule has 4 rings (SSSR count). The van der Waals surface area contributed by atoms with Gasteiger partial charge in [0, 0.05) is 0 Å². The molecule has 142 valence electrons. The molecule has 0 fully saturated rings. The average molecular weight is 400 g/mol. The summed E-state index contributed by atoms with van der Waals surface area (Å²) in [5, 5.41) is 9.78. The van der Waals surface area contributed by atoms with Crippen molar-refractivity contribution in [3.8, 4) is 6.07 Å². The molecule has 29 heavy (non-hydrogen) atoms. The zero-order valence-corrected chi connectivity index (χ0v) is 16.0. The first-order valence-corrected chi connectivity index (χ1v) is 9.62. The number of fused-ring (bicyclic) bond motifs is 1. The van der Waals surface area contributed by atoms with Crippen LogP contribution in [0, 0.1) is 11.3 Å². The van der Waals surface area contributed by atoms with Gasteiger partial charge in [-0.15, -0.1) is 11.3 Å². The number of hydrogen-bond acceptors (Lipinski definition) is 5. The van der Waals surface area contributed by atoms with Crippen LogP contribution >= 0.6 is 11.3 Å². The van der Waals surface area contributed by atoms with Gasteiger partial charge in [0.05, 0.1) is 27.7 Å². The molecular weight excluding hydrogens is 384 g/mol. The monoisotopic (exact) mass is 400 g/mol. The number of nitriles is 1. The molecule has 1 aromatic heterocycles. The summed E-state index contributed by atoms with van der Waals surface area (Å²) in [7, 11) is 0. The summed E-state index contributed by atoms with van der Waals surface area (Å²) in [6, 6.07) is 20.5. The Labute approximate surface area is 169 Å². The quantitative estimate of drug-likeness (QED) is 0.677. The van der Waals surface area contributed by atoms with Crippen molar-refractivity contribution in [1.82, 2.24) is 4.57 Å². The number of hydrogen-bond donors (Lipinski definition) is 2. The molecule has 0 unspecified atom stereocenters. The van der Waals surface area contributed by atoms with Gasteiger partial charge in [0.2, 0.25) is 5.91 Å². The second-order valence-corrected chi connectivity index (χ2v) is 7.53. The molecule has 2 aromatic carbocycles. The van der Waals surface area contributed by atoms with E-state index in [0.29, 0.717) is 14.8 Å². The van der Waals surface area contributed by atoms with Crippen LogP contribution in [0.1, 0.15) is 17.0 Å². The van der Waals surface area contributed by atoms with Gasteiger partial charge in [-0.3, -0.25) is 14.2 Å². The second-order valence-electron chi connectivity index (χ2n) is 6.50. The van der Waals surface area contributed by atoms with E-state index in [1.807, 2.05) is 48.5 Å². The molecule has 0 saturated heterocycles. The fourth-order valence-electron chi connectivity index (χ4n) is 3.47. The summed E-state index contributed by atoms with van der Waals surface area (Å²) in [4.78, 5) is 25.5. The van der Waals surface area contributed by atoms with E-state index >= 15 is 0 Å². The lowest BCUT2D eigenvalue weighted by Crippen LogP contribution is -2.41. The lowest BCUT2D eigenvalue weighted by atomic mass is 9.83. The lowest BCUT2D eigenvalue weighted by Gasteiger charge is -2.24. The summed E-state index contributed by atoms with van der Waals surface area (Å²) in [5.41, 5.74) is 13.4. The molecule has 1 aliphatic heterocycles. The van der Waals surface area contributed by atoms with E-state index in [4.69, 9.17) is 11.5 Å². The van der Waals surface area contributed by atoms with Crippen LogP contribution in [0.5, 0.6) is 0 Å². The fourth-order valence-corrected chi connectivity index (χ4v) is 4.65. The molecule has 0 aliphatic carbocycles. The van der Waals surface area contributed by atoms with E-state index in [0.717, 1.165) is 16.9 Å². The van der Waals surface area contributed by atoms with Crippen molar-refractivity contribution in [2.24, 2.45) is 11.5 Å². The third kappa shape index (κ3) is 3.06. The lowest BCUT2D eigenvalue weighted by molar-refractivity contribution is -0.113. The Bertz CT molecular complexity index is 1360. The number of carbonyl (C=O) groups is 1. The van der Waals surface area contributed by atoms with Gasteiger partial charge in [0.15, 0.2) is 0 Å². The van der Waals surface area contributed by atoms with E-state index in [1.54, 1.807) is 18.2 Å². The molecule has 4 N–H and O–H groups in total. The fraction of sp³-hybridized carbons (Fsp3) is 0.0455. The van der Waals surface area contributed by atoms with Crippen LogP contribution in [0.15, 0.2) is 71.0 Å².